The molecule has 0 amide bonds. The lowest BCUT2D eigenvalue weighted by Gasteiger charge is -2.36. The summed E-state index contributed by atoms with van der Waals surface area (Å²) < 4.78 is 0. The highest BCUT2D eigenvalue weighted by Crippen LogP contribution is 2.32. The third-order valence-electron chi connectivity index (χ3n) is 3.74. The second kappa shape index (κ2) is 5.49. The van der Waals surface area contributed by atoms with Crippen LogP contribution in [0.1, 0.15) is 33.1 Å². The molecule has 0 bridgehead atoms. The van der Waals surface area contributed by atoms with Crippen molar-refractivity contribution in [1.29, 1.82) is 0 Å². The summed E-state index contributed by atoms with van der Waals surface area (Å²) in [6.07, 6.45) is 3.95. The standard InChI is InChI=1S/C14H19Cl2N/c1-9-4-3-5-10(2)14(9)17-13-7-11(15)6-12(16)8-13/h6-10,14,17H,3-5H2,1-2H3. The lowest BCUT2D eigenvalue weighted by molar-refractivity contribution is 0.268. The number of benzene rings is 1. The van der Waals surface area contributed by atoms with Crippen molar-refractivity contribution in [1.82, 2.24) is 0 Å². The molecule has 3 heteroatoms. The molecular weight excluding hydrogens is 253 g/mol. The molecule has 0 heterocycles. The molecule has 0 aliphatic heterocycles. The molecule has 2 rings (SSSR count). The topological polar surface area (TPSA) is 12.0 Å². The van der Waals surface area contributed by atoms with Gasteiger partial charge in [-0.15, -0.1) is 0 Å². The van der Waals surface area contributed by atoms with Crippen molar-refractivity contribution in [3.05, 3.63) is 28.2 Å². The molecule has 1 aromatic rings. The number of anilines is 1. The zero-order chi connectivity index (χ0) is 12.4. The van der Waals surface area contributed by atoms with E-state index in [4.69, 9.17) is 23.2 Å². The van der Waals surface area contributed by atoms with E-state index in [0.717, 1.165) is 5.69 Å². The molecule has 17 heavy (non-hydrogen) atoms. The van der Waals surface area contributed by atoms with Gasteiger partial charge in [0.25, 0.3) is 0 Å². The number of nitrogens with one attached hydrogen (secondary N) is 1. The minimum absolute atomic E-state index is 0.526. The van der Waals surface area contributed by atoms with Crippen LogP contribution in [0.2, 0.25) is 10.0 Å². The van der Waals surface area contributed by atoms with E-state index in [1.807, 2.05) is 12.1 Å². The second-order valence-corrected chi connectivity index (χ2v) is 6.09. The molecule has 1 nitrogen and oxygen atoms in total. The Morgan fingerprint density at radius 2 is 1.53 bits per heavy atom. The average molecular weight is 272 g/mol. The van der Waals surface area contributed by atoms with Crippen molar-refractivity contribution in [2.75, 3.05) is 5.32 Å². The fourth-order valence-electron chi connectivity index (χ4n) is 2.80. The smallest absolute Gasteiger partial charge is 0.0441 e. The maximum atomic E-state index is 6.02. The van der Waals surface area contributed by atoms with Gasteiger partial charge < -0.3 is 5.32 Å². The zero-order valence-electron chi connectivity index (χ0n) is 10.3. The molecule has 94 valence electrons. The van der Waals surface area contributed by atoms with Gasteiger partial charge in [-0.25, -0.2) is 0 Å². The first-order valence-electron chi connectivity index (χ1n) is 6.29. The molecule has 1 aliphatic carbocycles. The summed E-state index contributed by atoms with van der Waals surface area (Å²) in [6, 6.07) is 6.18. The molecule has 1 aliphatic rings. The van der Waals surface area contributed by atoms with Crippen molar-refractivity contribution < 1.29 is 0 Å². The first kappa shape index (κ1) is 13.0. The molecule has 0 spiro atoms. The molecule has 0 aromatic heterocycles. The Morgan fingerprint density at radius 1 is 1.00 bits per heavy atom. The fourth-order valence-corrected chi connectivity index (χ4v) is 3.32. The predicted molar refractivity (Wildman–Crippen MR) is 76.1 cm³/mol. The van der Waals surface area contributed by atoms with E-state index in [-0.39, 0.29) is 0 Å². The van der Waals surface area contributed by atoms with E-state index in [1.165, 1.54) is 19.3 Å². The first-order chi connectivity index (χ1) is 8.06. The summed E-state index contributed by atoms with van der Waals surface area (Å²) >= 11 is 12.0. The van der Waals surface area contributed by atoms with Crippen molar-refractivity contribution in [3.63, 3.8) is 0 Å². The van der Waals surface area contributed by atoms with Crippen LogP contribution in [0.25, 0.3) is 0 Å². The van der Waals surface area contributed by atoms with Gasteiger partial charge >= 0.3 is 0 Å². The SMILES string of the molecule is CC1CCCC(C)C1Nc1cc(Cl)cc(Cl)c1. The average Bonchev–Trinajstić information content (AvgIpc) is 2.22. The van der Waals surface area contributed by atoms with Crippen molar-refractivity contribution in [3.8, 4) is 0 Å². The van der Waals surface area contributed by atoms with Crippen LogP contribution >= 0.6 is 23.2 Å². The Kier molecular flexibility index (Phi) is 4.22. The maximum Gasteiger partial charge on any atom is 0.0441 e. The van der Waals surface area contributed by atoms with Gasteiger partial charge in [-0.3, -0.25) is 0 Å². The summed E-state index contributed by atoms with van der Waals surface area (Å²) in [7, 11) is 0. The Labute approximate surface area is 114 Å². The Bertz CT molecular complexity index is 362. The van der Waals surface area contributed by atoms with Crippen LogP contribution in [0.3, 0.4) is 0 Å². The predicted octanol–water partition coefficient (Wildman–Crippen LogP) is 5.23. The molecule has 1 fully saturated rings. The first-order valence-corrected chi connectivity index (χ1v) is 7.04. The van der Waals surface area contributed by atoms with Gasteiger partial charge in [0.15, 0.2) is 0 Å². The third kappa shape index (κ3) is 3.29. The van der Waals surface area contributed by atoms with Crippen LogP contribution in [0, 0.1) is 11.8 Å². The van der Waals surface area contributed by atoms with Crippen molar-refractivity contribution in [2.24, 2.45) is 11.8 Å². The van der Waals surface area contributed by atoms with Crippen molar-refractivity contribution in [2.45, 2.75) is 39.2 Å². The van der Waals surface area contributed by atoms with Gasteiger partial charge in [0.1, 0.15) is 0 Å². The number of hydrogen-bond donors (Lipinski definition) is 1. The Morgan fingerprint density at radius 3 is 2.06 bits per heavy atom. The van der Waals surface area contributed by atoms with E-state index < -0.39 is 0 Å². The molecule has 0 radical (unpaired) electrons. The zero-order valence-corrected chi connectivity index (χ0v) is 11.9. The highest BCUT2D eigenvalue weighted by Gasteiger charge is 2.27. The molecule has 0 saturated heterocycles. The molecular formula is C14H19Cl2N. The summed E-state index contributed by atoms with van der Waals surface area (Å²) in [5, 5.41) is 4.97. The monoisotopic (exact) mass is 271 g/mol. The minimum atomic E-state index is 0.526. The highest BCUT2D eigenvalue weighted by atomic mass is 35.5. The number of hydrogen-bond acceptors (Lipinski definition) is 1. The van der Waals surface area contributed by atoms with Gasteiger partial charge in [-0.05, 0) is 42.9 Å². The van der Waals surface area contributed by atoms with Crippen LogP contribution in [0.15, 0.2) is 18.2 Å². The fraction of sp³-hybridized carbons (Fsp3) is 0.571. The molecule has 1 saturated carbocycles. The van der Waals surface area contributed by atoms with Crippen molar-refractivity contribution >= 4 is 28.9 Å². The molecule has 1 aromatic carbocycles. The van der Waals surface area contributed by atoms with Gasteiger partial charge in [0, 0.05) is 21.8 Å². The third-order valence-corrected chi connectivity index (χ3v) is 4.18. The normalized spacial score (nSPS) is 29.1. The summed E-state index contributed by atoms with van der Waals surface area (Å²) in [5.41, 5.74) is 1.04. The summed E-state index contributed by atoms with van der Waals surface area (Å²) in [4.78, 5) is 0. The van der Waals surface area contributed by atoms with Gasteiger partial charge in [0.2, 0.25) is 0 Å². The van der Waals surface area contributed by atoms with Crippen LogP contribution < -0.4 is 5.32 Å². The van der Waals surface area contributed by atoms with Crippen LogP contribution in [0.5, 0.6) is 0 Å². The largest absolute Gasteiger partial charge is 0.382 e. The Hall–Kier alpha value is -0.400. The Balaban J connectivity index is 2.13. The highest BCUT2D eigenvalue weighted by molar-refractivity contribution is 6.35. The van der Waals surface area contributed by atoms with E-state index in [0.29, 0.717) is 27.9 Å². The molecule has 1 N–H and O–H groups in total. The van der Waals surface area contributed by atoms with Crippen LogP contribution in [-0.2, 0) is 0 Å². The van der Waals surface area contributed by atoms with Gasteiger partial charge in [-0.2, -0.15) is 0 Å². The van der Waals surface area contributed by atoms with E-state index >= 15 is 0 Å². The maximum absolute atomic E-state index is 6.02. The molecule has 2 unspecified atom stereocenters. The summed E-state index contributed by atoms with van der Waals surface area (Å²) in [5.74, 6) is 1.41. The quantitative estimate of drug-likeness (QED) is 0.777. The van der Waals surface area contributed by atoms with Gasteiger partial charge in [0.05, 0.1) is 0 Å². The van der Waals surface area contributed by atoms with Crippen LogP contribution in [0.4, 0.5) is 5.69 Å². The summed E-state index contributed by atoms with van der Waals surface area (Å²) in [6.45, 7) is 4.64. The minimum Gasteiger partial charge on any atom is -0.382 e. The van der Waals surface area contributed by atoms with E-state index in [1.54, 1.807) is 6.07 Å². The van der Waals surface area contributed by atoms with Crippen LogP contribution in [-0.4, -0.2) is 6.04 Å². The second-order valence-electron chi connectivity index (χ2n) is 5.21. The molecule has 2 atom stereocenters. The number of halogens is 2. The van der Waals surface area contributed by atoms with E-state index in [2.05, 4.69) is 19.2 Å². The van der Waals surface area contributed by atoms with E-state index in [9.17, 15) is 0 Å². The number of rotatable bonds is 2. The lowest BCUT2D eigenvalue weighted by atomic mass is 9.78. The lowest BCUT2D eigenvalue weighted by Crippen LogP contribution is -2.37. The van der Waals surface area contributed by atoms with Gasteiger partial charge in [-0.1, -0.05) is 43.5 Å².